The van der Waals surface area contributed by atoms with Crippen LogP contribution in [0.4, 0.5) is 5.69 Å². The van der Waals surface area contributed by atoms with Crippen molar-refractivity contribution in [2.24, 2.45) is 10.4 Å². The summed E-state index contributed by atoms with van der Waals surface area (Å²) < 4.78 is 3.16. The van der Waals surface area contributed by atoms with Crippen LogP contribution in [0.3, 0.4) is 0 Å². The van der Waals surface area contributed by atoms with E-state index in [-0.39, 0.29) is 18.7 Å². The van der Waals surface area contributed by atoms with Gasteiger partial charge in [-0.1, -0.05) is 30.7 Å². The lowest BCUT2D eigenvalue weighted by Gasteiger charge is -2.20. The van der Waals surface area contributed by atoms with Crippen LogP contribution in [0.15, 0.2) is 57.0 Å². The van der Waals surface area contributed by atoms with E-state index in [9.17, 15) is 19.5 Å². The van der Waals surface area contributed by atoms with E-state index in [4.69, 9.17) is 11.6 Å². The summed E-state index contributed by atoms with van der Waals surface area (Å²) in [6.07, 6.45) is 0.825. The first kappa shape index (κ1) is 24.6. The van der Waals surface area contributed by atoms with Gasteiger partial charge in [0.2, 0.25) is 5.62 Å². The van der Waals surface area contributed by atoms with Crippen molar-refractivity contribution in [3.8, 4) is 0 Å². The molecule has 11 heteroatoms. The van der Waals surface area contributed by atoms with Crippen LogP contribution in [0.1, 0.15) is 31.3 Å². The number of benzene rings is 2. The topological polar surface area (TPSA) is 122 Å². The molecule has 0 atom stereocenters. The van der Waals surface area contributed by atoms with Crippen molar-refractivity contribution in [3.05, 3.63) is 84.6 Å². The highest BCUT2D eigenvalue weighted by atomic mass is 35.5. The third kappa shape index (κ3) is 5.28. The predicted molar refractivity (Wildman–Crippen MR) is 136 cm³/mol. The lowest BCUT2D eigenvalue weighted by molar-refractivity contribution is -0.147. The van der Waals surface area contributed by atoms with Gasteiger partial charge in [-0.05, 0) is 56.2 Å². The monoisotopic (exact) mass is 513 g/mol. The van der Waals surface area contributed by atoms with Gasteiger partial charge in [-0.3, -0.25) is 14.3 Å². The van der Waals surface area contributed by atoms with Crippen LogP contribution >= 0.6 is 22.9 Å². The lowest BCUT2D eigenvalue weighted by Crippen LogP contribution is -2.52. The molecule has 0 radical (unpaired) electrons. The van der Waals surface area contributed by atoms with Crippen LogP contribution < -0.4 is 17.0 Å². The van der Waals surface area contributed by atoms with Gasteiger partial charge >= 0.3 is 17.3 Å². The Morgan fingerprint density at radius 2 is 1.89 bits per heavy atom. The van der Waals surface area contributed by atoms with Crippen molar-refractivity contribution in [2.45, 2.75) is 40.3 Å². The number of nitrogens with one attached hydrogen (secondary N) is 1. The molecule has 0 aliphatic rings. The van der Waals surface area contributed by atoms with Crippen LogP contribution in [-0.4, -0.2) is 30.2 Å². The lowest BCUT2D eigenvalue weighted by atomic mass is 9.94. The molecule has 0 saturated carbocycles. The summed E-state index contributed by atoms with van der Waals surface area (Å²) >= 11 is 7.56. The number of H-pyrrole nitrogens is 1. The number of carboxylic acids is 1. The Balaban J connectivity index is 1.89. The Kier molecular flexibility index (Phi) is 6.77. The molecular formula is C24H24ClN5O4S. The normalized spacial score (nSPS) is 12.4. The van der Waals surface area contributed by atoms with E-state index in [1.807, 2.05) is 19.1 Å². The molecule has 2 aromatic heterocycles. The van der Waals surface area contributed by atoms with Crippen molar-refractivity contribution < 1.29 is 9.90 Å². The highest BCUT2D eigenvalue weighted by Gasteiger charge is 2.29. The summed E-state index contributed by atoms with van der Waals surface area (Å²) in [4.78, 5) is 49.7. The molecular weight excluding hydrogens is 490 g/mol. The van der Waals surface area contributed by atoms with E-state index >= 15 is 0 Å². The van der Waals surface area contributed by atoms with Gasteiger partial charge in [-0.25, -0.2) is 24.1 Å². The van der Waals surface area contributed by atoms with Gasteiger partial charge in [0.15, 0.2) is 0 Å². The molecule has 0 fully saturated rings. The second-order valence-electron chi connectivity index (χ2n) is 8.75. The first-order valence-electron chi connectivity index (χ1n) is 10.9. The number of carboxylic acid groups (broad SMARTS) is 1. The Hall–Kier alpha value is -3.50. The van der Waals surface area contributed by atoms with Crippen LogP contribution in [0, 0.1) is 5.41 Å². The van der Waals surface area contributed by atoms with Crippen molar-refractivity contribution in [1.82, 2.24) is 19.1 Å². The molecule has 0 aliphatic carbocycles. The molecule has 0 aliphatic heterocycles. The largest absolute Gasteiger partial charge is 0.481 e. The minimum absolute atomic E-state index is 0.0545. The average molecular weight is 514 g/mol. The fourth-order valence-corrected chi connectivity index (χ4v) is 4.53. The summed E-state index contributed by atoms with van der Waals surface area (Å²) in [5, 5.41) is 11.1. The third-order valence-electron chi connectivity index (χ3n) is 5.52. The predicted octanol–water partition coefficient (Wildman–Crippen LogP) is 3.56. The second-order valence-corrected chi connectivity index (χ2v) is 10.3. The summed E-state index contributed by atoms with van der Waals surface area (Å²) in [7, 11) is 0. The molecule has 2 N–H and O–H groups in total. The maximum atomic E-state index is 13.4. The molecule has 4 aromatic rings. The molecule has 0 amide bonds. The van der Waals surface area contributed by atoms with Crippen molar-refractivity contribution in [1.29, 1.82) is 0 Å². The van der Waals surface area contributed by atoms with Gasteiger partial charge in [0.25, 0.3) is 0 Å². The Morgan fingerprint density at radius 3 is 2.54 bits per heavy atom. The molecule has 35 heavy (non-hydrogen) atoms. The summed E-state index contributed by atoms with van der Waals surface area (Å²) in [6.45, 7) is 4.75. The molecule has 0 saturated heterocycles. The standard InChI is InChI=1S/C24H24ClN5O4S/c1-4-19-27-17-10-9-16(11-18(17)35-19)26-21-28-22(33)30(13-24(2,3)20(31)32)23(34)29(21)12-14-5-7-15(25)8-6-14/h5-11H,4,12-13H2,1-3H3,(H,31,32)(H,26,28,33). The van der Waals surface area contributed by atoms with Crippen molar-refractivity contribution >= 4 is 44.8 Å². The van der Waals surface area contributed by atoms with E-state index in [0.717, 1.165) is 31.8 Å². The molecule has 4 rings (SSSR count). The van der Waals surface area contributed by atoms with E-state index in [1.165, 1.54) is 18.4 Å². The van der Waals surface area contributed by atoms with E-state index in [2.05, 4.69) is 15.0 Å². The van der Waals surface area contributed by atoms with Crippen LogP contribution in [0.2, 0.25) is 5.02 Å². The fraction of sp³-hybridized carbons (Fsp3) is 0.292. The minimum Gasteiger partial charge on any atom is -0.481 e. The van der Waals surface area contributed by atoms with Gasteiger partial charge in [0.1, 0.15) is 0 Å². The van der Waals surface area contributed by atoms with E-state index in [0.29, 0.717) is 10.7 Å². The number of rotatable bonds is 7. The van der Waals surface area contributed by atoms with Gasteiger partial charge in [0.05, 0.1) is 32.9 Å². The zero-order valence-corrected chi connectivity index (χ0v) is 21.0. The first-order chi connectivity index (χ1) is 16.6. The number of carbonyl (C=O) groups is 1. The number of nitrogens with zero attached hydrogens (tertiary/aromatic N) is 4. The fourth-order valence-electron chi connectivity index (χ4n) is 3.46. The number of aliphatic carboxylic acids is 1. The van der Waals surface area contributed by atoms with Gasteiger partial charge in [-0.15, -0.1) is 11.3 Å². The number of halogens is 1. The highest BCUT2D eigenvalue weighted by molar-refractivity contribution is 7.18. The molecule has 0 spiro atoms. The summed E-state index contributed by atoms with van der Waals surface area (Å²) in [6, 6.07) is 12.4. The summed E-state index contributed by atoms with van der Waals surface area (Å²) in [5.41, 5.74) is -0.506. The number of hydrogen-bond donors (Lipinski definition) is 2. The SMILES string of the molecule is CCc1nc2ccc(/N=c3\[nH]c(=O)n(CC(C)(C)C(=O)O)c(=O)n3Cc3ccc(Cl)cc3)cc2s1. The highest BCUT2D eigenvalue weighted by Crippen LogP contribution is 2.26. The molecule has 2 heterocycles. The van der Waals surface area contributed by atoms with Gasteiger partial charge < -0.3 is 5.11 Å². The number of fused-ring (bicyclic) bond motifs is 1. The molecule has 0 bridgehead atoms. The third-order valence-corrected chi connectivity index (χ3v) is 6.94. The molecule has 182 valence electrons. The molecule has 2 aromatic carbocycles. The smallest absolute Gasteiger partial charge is 0.335 e. The number of aromatic amines is 1. The average Bonchev–Trinajstić information content (AvgIpc) is 3.23. The van der Waals surface area contributed by atoms with Crippen LogP contribution in [-0.2, 0) is 24.3 Å². The number of aromatic nitrogens is 4. The number of hydrogen-bond acceptors (Lipinski definition) is 6. The maximum Gasteiger partial charge on any atom is 0.335 e. The summed E-state index contributed by atoms with van der Waals surface area (Å²) in [5.74, 6) is -1.12. The Bertz CT molecular complexity index is 1600. The zero-order chi connectivity index (χ0) is 25.3. The molecule has 9 nitrogen and oxygen atoms in total. The van der Waals surface area contributed by atoms with Gasteiger partial charge in [0, 0.05) is 11.6 Å². The second kappa shape index (κ2) is 9.63. The maximum absolute atomic E-state index is 13.4. The van der Waals surface area contributed by atoms with Crippen molar-refractivity contribution in [2.75, 3.05) is 0 Å². The minimum atomic E-state index is -1.33. The van der Waals surface area contributed by atoms with Crippen LogP contribution in [0.5, 0.6) is 0 Å². The van der Waals surface area contributed by atoms with Crippen LogP contribution in [0.25, 0.3) is 10.2 Å². The van der Waals surface area contributed by atoms with E-state index in [1.54, 1.807) is 41.7 Å². The first-order valence-corrected chi connectivity index (χ1v) is 12.1. The number of thiazole rings is 1. The number of aryl methyl sites for hydroxylation is 1. The Morgan fingerprint density at radius 1 is 1.17 bits per heavy atom. The van der Waals surface area contributed by atoms with Crippen molar-refractivity contribution in [3.63, 3.8) is 0 Å². The van der Waals surface area contributed by atoms with E-state index < -0.39 is 22.8 Å². The zero-order valence-electron chi connectivity index (χ0n) is 19.4. The van der Waals surface area contributed by atoms with Gasteiger partial charge in [-0.2, -0.15) is 0 Å². The molecule has 0 unspecified atom stereocenters. The Labute approximate surface area is 209 Å². The quantitative estimate of drug-likeness (QED) is 0.391.